The van der Waals surface area contributed by atoms with Gasteiger partial charge in [0, 0.05) is 12.8 Å². The normalized spacial score (nSPS) is 12.5. The number of alkyl halides is 6. The number of nitrogens with zero attached hydrogens (tertiary/aromatic N) is 1. The van der Waals surface area contributed by atoms with Gasteiger partial charge in [0.1, 0.15) is 5.82 Å². The van der Waals surface area contributed by atoms with E-state index in [1.165, 1.54) is 6.92 Å². The molecule has 0 saturated heterocycles. The van der Waals surface area contributed by atoms with E-state index in [4.69, 9.17) is 11.6 Å². The van der Waals surface area contributed by atoms with Crippen LogP contribution in [0.1, 0.15) is 35.1 Å². The van der Waals surface area contributed by atoms with Crippen molar-refractivity contribution in [2.24, 2.45) is 0 Å². The minimum absolute atomic E-state index is 0.0278. The molecule has 136 valence electrons. The van der Waals surface area contributed by atoms with E-state index in [1.54, 1.807) is 0 Å². The second-order valence-electron chi connectivity index (χ2n) is 5.18. The molecular formula is C15H11ClF6N2O. The number of hydrogen-bond donors (Lipinski definition) is 1. The fourth-order valence-corrected chi connectivity index (χ4v) is 2.52. The molecule has 0 aliphatic rings. The van der Waals surface area contributed by atoms with E-state index >= 15 is 0 Å². The first-order valence-corrected chi connectivity index (χ1v) is 7.36. The molecule has 25 heavy (non-hydrogen) atoms. The van der Waals surface area contributed by atoms with Crippen LogP contribution in [-0.2, 0) is 25.2 Å². The average Bonchev–Trinajstić information content (AvgIpc) is 2.46. The van der Waals surface area contributed by atoms with Crippen molar-refractivity contribution in [2.75, 3.05) is 0 Å². The molecule has 0 amide bonds. The van der Waals surface area contributed by atoms with Crippen molar-refractivity contribution in [2.45, 2.75) is 32.1 Å². The zero-order valence-electron chi connectivity index (χ0n) is 12.6. The summed E-state index contributed by atoms with van der Waals surface area (Å²) in [6.45, 7) is 1.52. The van der Waals surface area contributed by atoms with Crippen LogP contribution < -0.4 is 5.56 Å². The first kappa shape index (κ1) is 19.3. The lowest BCUT2D eigenvalue weighted by molar-refractivity contribution is -0.142. The van der Waals surface area contributed by atoms with Crippen molar-refractivity contribution in [1.29, 1.82) is 0 Å². The molecule has 0 aliphatic heterocycles. The van der Waals surface area contributed by atoms with Gasteiger partial charge in [-0.3, -0.25) is 4.79 Å². The molecule has 1 aromatic carbocycles. The summed E-state index contributed by atoms with van der Waals surface area (Å²) in [6.07, 6.45) is -10.0. The van der Waals surface area contributed by atoms with Gasteiger partial charge in [-0.2, -0.15) is 26.3 Å². The monoisotopic (exact) mass is 384 g/mol. The van der Waals surface area contributed by atoms with E-state index in [1.807, 2.05) is 0 Å². The van der Waals surface area contributed by atoms with Crippen LogP contribution in [0.2, 0.25) is 5.02 Å². The quantitative estimate of drug-likeness (QED) is 0.785. The van der Waals surface area contributed by atoms with E-state index in [0.29, 0.717) is 6.07 Å². The molecule has 3 nitrogen and oxygen atoms in total. The van der Waals surface area contributed by atoms with E-state index in [9.17, 15) is 31.1 Å². The Kier molecular flexibility index (Phi) is 5.17. The standard InChI is InChI=1S/C15H11ClF6N2O/c1-2-11-23-12(15(20,21)22)8(13(25)24-11)5-7-3-4-9(10(16)6-7)14(17,18)19/h3-4,6H,2,5H2,1H3,(H,23,24,25). The highest BCUT2D eigenvalue weighted by Gasteiger charge is 2.37. The summed E-state index contributed by atoms with van der Waals surface area (Å²) in [6, 6.07) is 2.52. The van der Waals surface area contributed by atoms with Crippen molar-refractivity contribution < 1.29 is 26.3 Å². The molecule has 0 spiro atoms. The third-order valence-corrected chi connectivity index (χ3v) is 3.70. The Morgan fingerprint density at radius 1 is 1.12 bits per heavy atom. The van der Waals surface area contributed by atoms with Crippen molar-refractivity contribution >= 4 is 11.6 Å². The number of halogens is 7. The summed E-state index contributed by atoms with van der Waals surface area (Å²) in [5.41, 5.74) is -4.11. The summed E-state index contributed by atoms with van der Waals surface area (Å²) < 4.78 is 77.5. The number of H-pyrrole nitrogens is 1. The van der Waals surface area contributed by atoms with Crippen LogP contribution in [0.5, 0.6) is 0 Å². The summed E-state index contributed by atoms with van der Waals surface area (Å²) in [4.78, 5) is 17.6. The number of rotatable bonds is 3. The molecule has 2 rings (SSSR count). The van der Waals surface area contributed by atoms with Crippen LogP contribution >= 0.6 is 11.6 Å². The Bertz CT molecular complexity index is 841. The predicted molar refractivity (Wildman–Crippen MR) is 78.5 cm³/mol. The van der Waals surface area contributed by atoms with E-state index < -0.39 is 46.2 Å². The Morgan fingerprint density at radius 3 is 2.24 bits per heavy atom. The van der Waals surface area contributed by atoms with Gasteiger partial charge in [0.25, 0.3) is 5.56 Å². The van der Waals surface area contributed by atoms with E-state index in [0.717, 1.165) is 12.1 Å². The number of aryl methyl sites for hydroxylation is 1. The van der Waals surface area contributed by atoms with Gasteiger partial charge in [-0.25, -0.2) is 4.98 Å². The molecule has 0 atom stereocenters. The molecule has 0 radical (unpaired) electrons. The smallest absolute Gasteiger partial charge is 0.310 e. The Morgan fingerprint density at radius 2 is 1.76 bits per heavy atom. The zero-order chi connectivity index (χ0) is 19.0. The summed E-state index contributed by atoms with van der Waals surface area (Å²) in [5, 5.41) is -0.659. The van der Waals surface area contributed by atoms with E-state index in [2.05, 4.69) is 9.97 Å². The largest absolute Gasteiger partial charge is 0.433 e. The maximum absolute atomic E-state index is 13.2. The molecule has 0 fully saturated rings. The van der Waals surface area contributed by atoms with Gasteiger partial charge in [0.15, 0.2) is 5.69 Å². The SMILES string of the molecule is CCc1nc(C(F)(F)F)c(Cc2ccc(C(F)(F)F)c(Cl)c2)c(=O)[nH]1. The lowest BCUT2D eigenvalue weighted by atomic mass is 10.0. The number of aromatic amines is 1. The van der Waals surface area contributed by atoms with Gasteiger partial charge in [-0.05, 0) is 17.7 Å². The summed E-state index contributed by atoms with van der Waals surface area (Å²) in [5.74, 6) is -0.133. The van der Waals surface area contributed by atoms with Crippen molar-refractivity contribution in [3.63, 3.8) is 0 Å². The van der Waals surface area contributed by atoms with Gasteiger partial charge in [0.05, 0.1) is 16.1 Å². The predicted octanol–water partition coefficient (Wildman–Crippen LogP) is 4.61. The van der Waals surface area contributed by atoms with Crippen molar-refractivity contribution in [3.05, 3.63) is 61.8 Å². The lowest BCUT2D eigenvalue weighted by Crippen LogP contribution is -2.25. The third kappa shape index (κ3) is 4.33. The van der Waals surface area contributed by atoms with E-state index in [-0.39, 0.29) is 17.8 Å². The molecule has 0 unspecified atom stereocenters. The summed E-state index contributed by atoms with van der Waals surface area (Å²) >= 11 is 5.55. The highest BCUT2D eigenvalue weighted by Crippen LogP contribution is 2.36. The van der Waals surface area contributed by atoms with Crippen molar-refractivity contribution in [1.82, 2.24) is 9.97 Å². The fraction of sp³-hybridized carbons (Fsp3) is 0.333. The average molecular weight is 385 g/mol. The van der Waals surface area contributed by atoms with Gasteiger partial charge in [-0.15, -0.1) is 0 Å². The zero-order valence-corrected chi connectivity index (χ0v) is 13.4. The van der Waals surface area contributed by atoms with Crippen LogP contribution in [0, 0.1) is 0 Å². The van der Waals surface area contributed by atoms with Crippen molar-refractivity contribution in [3.8, 4) is 0 Å². The Hall–Kier alpha value is -2.03. The number of nitrogens with one attached hydrogen (secondary N) is 1. The fourth-order valence-electron chi connectivity index (χ4n) is 2.21. The highest BCUT2D eigenvalue weighted by molar-refractivity contribution is 6.31. The number of hydrogen-bond acceptors (Lipinski definition) is 2. The molecule has 1 heterocycles. The van der Waals surface area contributed by atoms with Crippen LogP contribution in [0.15, 0.2) is 23.0 Å². The second-order valence-corrected chi connectivity index (χ2v) is 5.59. The number of benzene rings is 1. The maximum atomic E-state index is 13.2. The lowest BCUT2D eigenvalue weighted by Gasteiger charge is -2.14. The molecule has 1 N–H and O–H groups in total. The Labute approximate surface area is 142 Å². The molecule has 10 heteroatoms. The van der Waals surface area contributed by atoms with Gasteiger partial charge >= 0.3 is 12.4 Å². The van der Waals surface area contributed by atoms with Gasteiger partial charge < -0.3 is 4.98 Å². The Balaban J connectivity index is 2.51. The minimum atomic E-state index is -4.87. The molecule has 0 bridgehead atoms. The maximum Gasteiger partial charge on any atom is 0.433 e. The second kappa shape index (κ2) is 6.70. The highest BCUT2D eigenvalue weighted by atomic mass is 35.5. The van der Waals surface area contributed by atoms with Crippen LogP contribution in [-0.4, -0.2) is 9.97 Å². The summed E-state index contributed by atoms with van der Waals surface area (Å²) in [7, 11) is 0. The van der Waals surface area contributed by atoms with Crippen LogP contribution in [0.3, 0.4) is 0 Å². The molecule has 0 saturated carbocycles. The first-order chi connectivity index (χ1) is 11.4. The van der Waals surface area contributed by atoms with Gasteiger partial charge in [0.2, 0.25) is 0 Å². The topological polar surface area (TPSA) is 45.8 Å². The molecule has 2 aromatic rings. The van der Waals surface area contributed by atoms with Crippen LogP contribution in [0.25, 0.3) is 0 Å². The third-order valence-electron chi connectivity index (χ3n) is 3.39. The van der Waals surface area contributed by atoms with Crippen LogP contribution in [0.4, 0.5) is 26.3 Å². The number of aromatic nitrogens is 2. The molecular weight excluding hydrogens is 374 g/mol. The minimum Gasteiger partial charge on any atom is -0.310 e. The van der Waals surface area contributed by atoms with Gasteiger partial charge in [-0.1, -0.05) is 24.6 Å². The molecule has 1 aromatic heterocycles. The first-order valence-electron chi connectivity index (χ1n) is 6.98. The molecule has 0 aliphatic carbocycles.